The van der Waals surface area contributed by atoms with Crippen LogP contribution in [-0.2, 0) is 9.59 Å². The number of aromatic nitrogens is 2. The zero-order valence-corrected chi connectivity index (χ0v) is 15.5. The minimum absolute atomic E-state index is 0.0552. The van der Waals surface area contributed by atoms with Crippen molar-refractivity contribution in [3.63, 3.8) is 0 Å². The summed E-state index contributed by atoms with van der Waals surface area (Å²) in [7, 11) is 0. The molecule has 1 saturated carbocycles. The largest absolute Gasteiger partial charge is 0.311 e. The van der Waals surface area contributed by atoms with Gasteiger partial charge >= 0.3 is 0 Å². The summed E-state index contributed by atoms with van der Waals surface area (Å²) in [5, 5.41) is 0. The number of nitrogens with zero attached hydrogens (tertiary/aromatic N) is 4. The van der Waals surface area contributed by atoms with Gasteiger partial charge in [0.2, 0.25) is 6.41 Å². The van der Waals surface area contributed by atoms with Gasteiger partial charge in [0.05, 0.1) is 5.69 Å². The van der Waals surface area contributed by atoms with Crippen LogP contribution in [0.4, 0.5) is 17.3 Å². The second-order valence-electron chi connectivity index (χ2n) is 6.80. The maximum atomic E-state index is 11.8. The molecule has 0 bridgehead atoms. The summed E-state index contributed by atoms with van der Waals surface area (Å²) in [4.78, 5) is 36.1. The average Bonchev–Trinajstić information content (AvgIpc) is 3.44. The summed E-state index contributed by atoms with van der Waals surface area (Å²) >= 11 is 0. The van der Waals surface area contributed by atoms with E-state index in [0.717, 1.165) is 47.7 Å². The number of anilines is 3. The molecular formula is C20H24N4O2. The lowest BCUT2D eigenvalue weighted by atomic mass is 10.1. The van der Waals surface area contributed by atoms with Crippen molar-refractivity contribution in [1.29, 1.82) is 0 Å². The Morgan fingerprint density at radius 1 is 1.15 bits per heavy atom. The third kappa shape index (κ3) is 3.74. The van der Waals surface area contributed by atoms with Gasteiger partial charge in [-0.1, -0.05) is 6.07 Å². The summed E-state index contributed by atoms with van der Waals surface area (Å²) in [6.07, 6.45) is 6.78. The number of rotatable bonds is 8. The van der Waals surface area contributed by atoms with Crippen molar-refractivity contribution < 1.29 is 9.59 Å². The first kappa shape index (κ1) is 18.0. The number of amides is 1. The van der Waals surface area contributed by atoms with E-state index in [0.29, 0.717) is 19.0 Å². The normalized spacial score (nSPS) is 13.3. The maximum Gasteiger partial charge on any atom is 0.214 e. The first-order chi connectivity index (χ1) is 12.5. The summed E-state index contributed by atoms with van der Waals surface area (Å²) in [5.41, 5.74) is 2.76. The Kier molecular flexibility index (Phi) is 5.30. The lowest BCUT2D eigenvalue weighted by Crippen LogP contribution is -2.30. The number of ketones is 1. The SMILES string of the molecule is CC(=O)CCN(C=O)c1c(C)ccnc1N(c1ncccc1C)C1CC1. The van der Waals surface area contributed by atoms with Crippen LogP contribution in [0.2, 0.25) is 0 Å². The van der Waals surface area contributed by atoms with Crippen molar-refractivity contribution >= 4 is 29.5 Å². The third-order valence-electron chi connectivity index (χ3n) is 4.58. The highest BCUT2D eigenvalue weighted by atomic mass is 16.1. The van der Waals surface area contributed by atoms with E-state index in [9.17, 15) is 9.59 Å². The minimum atomic E-state index is 0.0552. The molecule has 1 aliphatic carbocycles. The first-order valence-corrected chi connectivity index (χ1v) is 8.90. The molecule has 0 N–H and O–H groups in total. The molecule has 1 aliphatic rings. The lowest BCUT2D eigenvalue weighted by Gasteiger charge is -2.30. The molecule has 0 atom stereocenters. The molecule has 0 aromatic carbocycles. The van der Waals surface area contributed by atoms with Crippen LogP contribution in [0.1, 0.15) is 37.3 Å². The molecule has 1 amide bonds. The Hall–Kier alpha value is -2.76. The summed E-state index contributed by atoms with van der Waals surface area (Å²) < 4.78 is 0. The highest BCUT2D eigenvalue weighted by Crippen LogP contribution is 2.42. The molecule has 2 aromatic heterocycles. The van der Waals surface area contributed by atoms with Crippen LogP contribution in [0.3, 0.4) is 0 Å². The third-order valence-corrected chi connectivity index (χ3v) is 4.58. The molecule has 1 fully saturated rings. The number of Topliss-reactive ketones (excluding diaryl/α,β-unsaturated/α-hetero) is 1. The fraction of sp³-hybridized carbons (Fsp3) is 0.400. The van der Waals surface area contributed by atoms with E-state index in [2.05, 4.69) is 14.9 Å². The molecule has 0 saturated heterocycles. The van der Waals surface area contributed by atoms with Gasteiger partial charge in [-0.3, -0.25) is 9.59 Å². The van der Waals surface area contributed by atoms with Crippen molar-refractivity contribution in [2.45, 2.75) is 46.1 Å². The fourth-order valence-electron chi connectivity index (χ4n) is 3.07. The Labute approximate surface area is 153 Å². The number of aryl methyl sites for hydroxylation is 2. The zero-order valence-electron chi connectivity index (χ0n) is 15.5. The van der Waals surface area contributed by atoms with Crippen LogP contribution < -0.4 is 9.80 Å². The molecule has 136 valence electrons. The maximum absolute atomic E-state index is 11.8. The monoisotopic (exact) mass is 352 g/mol. The lowest BCUT2D eigenvalue weighted by molar-refractivity contribution is -0.116. The second kappa shape index (κ2) is 7.64. The quantitative estimate of drug-likeness (QED) is 0.682. The molecule has 0 aliphatic heterocycles. The zero-order chi connectivity index (χ0) is 18.7. The van der Waals surface area contributed by atoms with Crippen LogP contribution in [0.5, 0.6) is 0 Å². The van der Waals surface area contributed by atoms with Crippen molar-refractivity contribution in [3.05, 3.63) is 41.7 Å². The van der Waals surface area contributed by atoms with Gasteiger partial charge in [-0.25, -0.2) is 9.97 Å². The Morgan fingerprint density at radius 2 is 1.88 bits per heavy atom. The average molecular weight is 352 g/mol. The van der Waals surface area contributed by atoms with Gasteiger partial charge in [-0.2, -0.15) is 0 Å². The molecule has 3 rings (SSSR count). The predicted octanol–water partition coefficient (Wildman–Crippen LogP) is 3.34. The molecule has 0 radical (unpaired) electrons. The van der Waals surface area contributed by atoms with E-state index in [1.54, 1.807) is 17.3 Å². The second-order valence-corrected chi connectivity index (χ2v) is 6.80. The highest BCUT2D eigenvalue weighted by molar-refractivity contribution is 5.87. The molecule has 6 nitrogen and oxygen atoms in total. The molecule has 0 spiro atoms. The molecule has 6 heteroatoms. The number of pyridine rings is 2. The van der Waals surface area contributed by atoms with Gasteiger partial charge in [0.1, 0.15) is 11.6 Å². The molecular weight excluding hydrogens is 328 g/mol. The van der Waals surface area contributed by atoms with Gasteiger partial charge < -0.3 is 9.80 Å². The molecule has 2 heterocycles. The van der Waals surface area contributed by atoms with Crippen molar-refractivity contribution in [2.75, 3.05) is 16.3 Å². The fourth-order valence-corrected chi connectivity index (χ4v) is 3.07. The standard InChI is InChI=1S/C20H24N4O2/c1-14-8-11-22-20(18(14)23(13-25)12-9-16(3)26)24(17-6-7-17)19-15(2)5-4-10-21-19/h4-5,8,10-11,13,17H,6-7,9,12H2,1-3H3. The van der Waals surface area contributed by atoms with E-state index in [1.807, 2.05) is 32.0 Å². The van der Waals surface area contributed by atoms with Gasteiger partial charge in [-0.15, -0.1) is 0 Å². The topological polar surface area (TPSA) is 66.4 Å². The van der Waals surface area contributed by atoms with Gasteiger partial charge in [0.15, 0.2) is 5.82 Å². The van der Waals surface area contributed by atoms with Crippen LogP contribution in [0, 0.1) is 13.8 Å². The Morgan fingerprint density at radius 3 is 2.50 bits per heavy atom. The number of hydrogen-bond donors (Lipinski definition) is 0. The van der Waals surface area contributed by atoms with Gasteiger partial charge in [0, 0.05) is 31.4 Å². The van der Waals surface area contributed by atoms with Crippen molar-refractivity contribution in [1.82, 2.24) is 9.97 Å². The molecule has 2 aromatic rings. The number of carbonyl (C=O) groups is 2. The van der Waals surface area contributed by atoms with E-state index >= 15 is 0 Å². The summed E-state index contributed by atoms with van der Waals surface area (Å²) in [6.45, 7) is 5.87. The highest BCUT2D eigenvalue weighted by Gasteiger charge is 2.35. The number of hydrogen-bond acceptors (Lipinski definition) is 5. The van der Waals surface area contributed by atoms with Crippen LogP contribution >= 0.6 is 0 Å². The van der Waals surface area contributed by atoms with Crippen molar-refractivity contribution in [3.8, 4) is 0 Å². The van der Waals surface area contributed by atoms with E-state index < -0.39 is 0 Å². The molecule has 0 unspecified atom stereocenters. The summed E-state index contributed by atoms with van der Waals surface area (Å²) in [5.74, 6) is 1.65. The molecule has 26 heavy (non-hydrogen) atoms. The van der Waals surface area contributed by atoms with Crippen LogP contribution in [0.15, 0.2) is 30.6 Å². The van der Waals surface area contributed by atoms with E-state index in [1.165, 1.54) is 6.92 Å². The van der Waals surface area contributed by atoms with E-state index in [-0.39, 0.29) is 5.78 Å². The van der Waals surface area contributed by atoms with Gasteiger partial charge in [-0.05, 0) is 56.9 Å². The van der Waals surface area contributed by atoms with Gasteiger partial charge in [0.25, 0.3) is 0 Å². The van der Waals surface area contributed by atoms with E-state index in [4.69, 9.17) is 0 Å². The smallest absolute Gasteiger partial charge is 0.214 e. The predicted molar refractivity (Wildman–Crippen MR) is 102 cm³/mol. The first-order valence-electron chi connectivity index (χ1n) is 8.90. The Bertz CT molecular complexity index is 817. The number of carbonyl (C=O) groups excluding carboxylic acids is 2. The Balaban J connectivity index is 2.08. The summed E-state index contributed by atoms with van der Waals surface area (Å²) in [6, 6.07) is 6.16. The van der Waals surface area contributed by atoms with Crippen LogP contribution in [-0.4, -0.2) is 34.7 Å². The van der Waals surface area contributed by atoms with Crippen LogP contribution in [0.25, 0.3) is 0 Å². The van der Waals surface area contributed by atoms with Crippen molar-refractivity contribution in [2.24, 2.45) is 0 Å². The minimum Gasteiger partial charge on any atom is -0.311 e.